The van der Waals surface area contributed by atoms with Gasteiger partial charge in [0.2, 0.25) is 0 Å². The Kier molecular flexibility index (Phi) is 4.42. The Morgan fingerprint density at radius 2 is 2.05 bits per heavy atom. The van der Waals surface area contributed by atoms with Crippen molar-refractivity contribution in [2.75, 3.05) is 18.8 Å². The topological polar surface area (TPSA) is 42.1 Å². The first kappa shape index (κ1) is 14.4. The first-order chi connectivity index (χ1) is 10.2. The lowest BCUT2D eigenvalue weighted by atomic mass is 9.90. The molecule has 0 amide bonds. The third-order valence-electron chi connectivity index (χ3n) is 4.17. The van der Waals surface area contributed by atoms with Crippen LogP contribution >= 0.6 is 11.6 Å². The number of rotatable bonds is 3. The lowest BCUT2D eigenvalue weighted by Crippen LogP contribution is -2.34. The fourth-order valence-electron chi connectivity index (χ4n) is 3.03. The summed E-state index contributed by atoms with van der Waals surface area (Å²) in [6.07, 6.45) is 4.19. The van der Waals surface area contributed by atoms with Gasteiger partial charge >= 0.3 is 0 Å². The van der Waals surface area contributed by atoms with Crippen molar-refractivity contribution in [3.63, 3.8) is 0 Å². The highest BCUT2D eigenvalue weighted by Crippen LogP contribution is 2.28. The summed E-state index contributed by atoms with van der Waals surface area (Å²) in [5.41, 5.74) is 8.45. The maximum atomic E-state index is 5.97. The Bertz CT molecular complexity index is 597. The zero-order chi connectivity index (χ0) is 14.7. The van der Waals surface area contributed by atoms with Gasteiger partial charge in [-0.1, -0.05) is 29.8 Å². The summed E-state index contributed by atoms with van der Waals surface area (Å²) in [7, 11) is 0. The predicted octanol–water partition coefficient (Wildman–Crippen LogP) is 3.70. The number of aromatic nitrogens is 1. The minimum Gasteiger partial charge on any atom is -0.383 e. The molecule has 2 N–H and O–H groups in total. The quantitative estimate of drug-likeness (QED) is 0.940. The van der Waals surface area contributed by atoms with E-state index in [-0.39, 0.29) is 0 Å². The summed E-state index contributed by atoms with van der Waals surface area (Å²) in [5, 5.41) is 0.801. The first-order valence-corrected chi connectivity index (χ1v) is 7.77. The molecule has 2 aromatic rings. The summed E-state index contributed by atoms with van der Waals surface area (Å²) in [4.78, 5) is 6.64. The summed E-state index contributed by atoms with van der Waals surface area (Å²) in [5.74, 6) is 1.22. The van der Waals surface area contributed by atoms with Crippen molar-refractivity contribution < 1.29 is 0 Å². The van der Waals surface area contributed by atoms with Crippen molar-refractivity contribution >= 4 is 17.4 Å². The van der Waals surface area contributed by atoms with Gasteiger partial charge in [0.1, 0.15) is 5.82 Å². The monoisotopic (exact) mass is 301 g/mol. The van der Waals surface area contributed by atoms with Crippen LogP contribution in [0.3, 0.4) is 0 Å². The summed E-state index contributed by atoms with van der Waals surface area (Å²) < 4.78 is 0. The van der Waals surface area contributed by atoms with E-state index in [1.807, 2.05) is 18.2 Å². The van der Waals surface area contributed by atoms with Gasteiger partial charge in [0.05, 0.1) is 0 Å². The van der Waals surface area contributed by atoms with Crippen LogP contribution in [-0.4, -0.2) is 23.0 Å². The second-order valence-corrected chi connectivity index (χ2v) is 6.11. The third kappa shape index (κ3) is 3.55. The minimum atomic E-state index is 0.578. The molecule has 0 bridgehead atoms. The molecule has 1 aliphatic heterocycles. The number of halogens is 1. The van der Waals surface area contributed by atoms with Crippen LogP contribution in [-0.2, 0) is 6.54 Å². The Morgan fingerprint density at radius 1 is 1.24 bits per heavy atom. The summed E-state index contributed by atoms with van der Waals surface area (Å²) in [6, 6.07) is 12.3. The molecule has 0 aliphatic carbocycles. The van der Waals surface area contributed by atoms with Gasteiger partial charge in [-0.2, -0.15) is 0 Å². The van der Waals surface area contributed by atoms with Gasteiger partial charge in [-0.15, -0.1) is 0 Å². The normalized spacial score (nSPS) is 19.6. The average Bonchev–Trinajstić information content (AvgIpc) is 2.51. The number of nitrogen functional groups attached to an aromatic ring is 1. The van der Waals surface area contributed by atoms with Gasteiger partial charge in [-0.25, -0.2) is 4.98 Å². The van der Waals surface area contributed by atoms with E-state index in [0.717, 1.165) is 30.2 Å². The third-order valence-corrected chi connectivity index (χ3v) is 4.42. The number of pyridine rings is 1. The van der Waals surface area contributed by atoms with E-state index in [1.165, 1.54) is 18.4 Å². The average molecular weight is 302 g/mol. The molecule has 1 atom stereocenters. The molecule has 0 saturated carbocycles. The summed E-state index contributed by atoms with van der Waals surface area (Å²) in [6.45, 7) is 3.07. The van der Waals surface area contributed by atoms with Crippen LogP contribution in [0.25, 0.3) is 0 Å². The maximum absolute atomic E-state index is 5.97. The zero-order valence-corrected chi connectivity index (χ0v) is 12.8. The van der Waals surface area contributed by atoms with Crippen LogP contribution in [0.2, 0.25) is 5.02 Å². The predicted molar refractivity (Wildman–Crippen MR) is 87.4 cm³/mol. The molecule has 21 heavy (non-hydrogen) atoms. The lowest BCUT2D eigenvalue weighted by Gasteiger charge is -2.33. The van der Waals surface area contributed by atoms with Crippen molar-refractivity contribution in [1.29, 1.82) is 0 Å². The molecular formula is C17H20ClN3. The fourth-order valence-corrected chi connectivity index (χ4v) is 3.16. The van der Waals surface area contributed by atoms with Crippen LogP contribution in [0.15, 0.2) is 42.6 Å². The highest BCUT2D eigenvalue weighted by atomic mass is 35.5. The van der Waals surface area contributed by atoms with Gasteiger partial charge in [-0.05, 0) is 49.1 Å². The highest BCUT2D eigenvalue weighted by Gasteiger charge is 2.21. The molecular weight excluding hydrogens is 282 g/mol. The Labute approximate surface area is 130 Å². The molecule has 1 aromatic carbocycles. The number of benzene rings is 1. The molecule has 0 radical (unpaired) electrons. The van der Waals surface area contributed by atoms with E-state index >= 15 is 0 Å². The van der Waals surface area contributed by atoms with Crippen molar-refractivity contribution in [1.82, 2.24) is 9.88 Å². The highest BCUT2D eigenvalue weighted by molar-refractivity contribution is 6.30. The zero-order valence-electron chi connectivity index (χ0n) is 12.0. The van der Waals surface area contributed by atoms with Gasteiger partial charge in [0, 0.05) is 29.9 Å². The van der Waals surface area contributed by atoms with E-state index in [0.29, 0.717) is 11.7 Å². The van der Waals surface area contributed by atoms with Crippen molar-refractivity contribution in [3.8, 4) is 0 Å². The van der Waals surface area contributed by atoms with Gasteiger partial charge < -0.3 is 5.73 Å². The molecule has 110 valence electrons. The molecule has 0 spiro atoms. The Balaban J connectivity index is 1.68. The van der Waals surface area contributed by atoms with Crippen LogP contribution in [0.4, 0.5) is 5.82 Å². The minimum absolute atomic E-state index is 0.578. The van der Waals surface area contributed by atoms with Gasteiger partial charge in [-0.3, -0.25) is 4.90 Å². The first-order valence-electron chi connectivity index (χ1n) is 7.39. The molecule has 4 heteroatoms. The number of nitrogens with two attached hydrogens (primary N) is 1. The van der Waals surface area contributed by atoms with Crippen LogP contribution < -0.4 is 5.73 Å². The van der Waals surface area contributed by atoms with Gasteiger partial charge in [0.15, 0.2) is 0 Å². The standard InChI is InChI=1S/C17H20ClN3/c18-16-7-5-13(6-8-16)14-4-2-10-21(11-14)12-15-3-1-9-20-17(15)19/h1,3,5-9,14H,2,4,10-12H2,(H2,19,20)/t14-/m1/s1. The van der Waals surface area contributed by atoms with E-state index in [4.69, 9.17) is 17.3 Å². The van der Waals surface area contributed by atoms with E-state index in [1.54, 1.807) is 6.20 Å². The SMILES string of the molecule is Nc1ncccc1CN1CCC[C@@H](c2ccc(Cl)cc2)C1. The van der Waals surface area contributed by atoms with Crippen LogP contribution in [0.5, 0.6) is 0 Å². The maximum Gasteiger partial charge on any atom is 0.127 e. The second-order valence-electron chi connectivity index (χ2n) is 5.67. The molecule has 0 unspecified atom stereocenters. The molecule has 2 heterocycles. The number of nitrogens with zero attached hydrogens (tertiary/aromatic N) is 2. The van der Waals surface area contributed by atoms with E-state index in [9.17, 15) is 0 Å². The van der Waals surface area contributed by atoms with E-state index in [2.05, 4.69) is 28.1 Å². The van der Waals surface area contributed by atoms with Crippen molar-refractivity contribution in [3.05, 3.63) is 58.7 Å². The fraction of sp³-hybridized carbons (Fsp3) is 0.353. The molecule has 1 aromatic heterocycles. The number of hydrogen-bond acceptors (Lipinski definition) is 3. The number of anilines is 1. The van der Waals surface area contributed by atoms with Crippen LogP contribution in [0.1, 0.15) is 29.9 Å². The molecule has 1 aliphatic rings. The molecule has 1 fully saturated rings. The number of likely N-dealkylation sites (tertiary alicyclic amines) is 1. The largest absolute Gasteiger partial charge is 0.383 e. The Hall–Kier alpha value is -1.58. The van der Waals surface area contributed by atoms with Gasteiger partial charge in [0.25, 0.3) is 0 Å². The van der Waals surface area contributed by atoms with E-state index < -0.39 is 0 Å². The number of hydrogen-bond donors (Lipinski definition) is 1. The number of piperidine rings is 1. The Morgan fingerprint density at radius 3 is 2.81 bits per heavy atom. The lowest BCUT2D eigenvalue weighted by molar-refractivity contribution is 0.200. The summed E-state index contributed by atoms with van der Waals surface area (Å²) >= 11 is 5.97. The molecule has 1 saturated heterocycles. The smallest absolute Gasteiger partial charge is 0.127 e. The van der Waals surface area contributed by atoms with Crippen molar-refractivity contribution in [2.45, 2.75) is 25.3 Å². The molecule has 3 rings (SSSR count). The van der Waals surface area contributed by atoms with Crippen molar-refractivity contribution in [2.24, 2.45) is 0 Å². The second kappa shape index (κ2) is 6.46. The van der Waals surface area contributed by atoms with Crippen LogP contribution in [0, 0.1) is 0 Å². The molecule has 3 nitrogen and oxygen atoms in total.